The van der Waals surface area contributed by atoms with E-state index in [9.17, 15) is 4.79 Å². The van der Waals surface area contributed by atoms with Gasteiger partial charge in [-0.15, -0.1) is 0 Å². The van der Waals surface area contributed by atoms with Crippen LogP contribution >= 0.6 is 0 Å². The molecular formula is C18H26N4O. The molecule has 1 aromatic carbocycles. The van der Waals surface area contributed by atoms with Gasteiger partial charge in [0.15, 0.2) is 5.96 Å². The van der Waals surface area contributed by atoms with Crippen LogP contribution in [0, 0.1) is 0 Å². The van der Waals surface area contributed by atoms with Crippen LogP contribution in [-0.4, -0.2) is 42.4 Å². The topological polar surface area (TPSA) is 70.7 Å². The molecule has 0 aromatic heterocycles. The van der Waals surface area contributed by atoms with Gasteiger partial charge in [-0.1, -0.05) is 37.5 Å². The van der Waals surface area contributed by atoms with E-state index in [1.807, 2.05) is 29.2 Å². The molecule has 0 radical (unpaired) electrons. The van der Waals surface area contributed by atoms with Crippen molar-refractivity contribution in [3.8, 4) is 0 Å². The molecule has 1 aliphatic heterocycles. The minimum absolute atomic E-state index is 0.112. The molecule has 2 aliphatic rings. The lowest BCUT2D eigenvalue weighted by Gasteiger charge is -2.28. The van der Waals surface area contributed by atoms with Crippen molar-refractivity contribution in [1.29, 1.82) is 0 Å². The summed E-state index contributed by atoms with van der Waals surface area (Å²) in [7, 11) is 0. The monoisotopic (exact) mass is 314 g/mol. The van der Waals surface area contributed by atoms with E-state index < -0.39 is 0 Å². The number of nitrogens with zero attached hydrogens (tertiary/aromatic N) is 2. The van der Waals surface area contributed by atoms with E-state index in [0.717, 1.165) is 24.1 Å². The molecule has 1 fully saturated rings. The summed E-state index contributed by atoms with van der Waals surface area (Å²) in [5.41, 5.74) is 7.95. The van der Waals surface area contributed by atoms with Crippen LogP contribution in [0.5, 0.6) is 0 Å². The van der Waals surface area contributed by atoms with Gasteiger partial charge in [-0.25, -0.2) is 0 Å². The van der Waals surface area contributed by atoms with Crippen molar-refractivity contribution in [2.24, 2.45) is 10.7 Å². The lowest BCUT2D eigenvalue weighted by atomic mass is 9.96. The van der Waals surface area contributed by atoms with E-state index in [4.69, 9.17) is 5.73 Å². The Hall–Kier alpha value is -2.04. The average molecular weight is 314 g/mol. The van der Waals surface area contributed by atoms with Gasteiger partial charge in [0, 0.05) is 24.7 Å². The van der Waals surface area contributed by atoms with Crippen LogP contribution in [0.15, 0.2) is 29.3 Å². The van der Waals surface area contributed by atoms with Crippen LogP contribution in [0.3, 0.4) is 0 Å². The van der Waals surface area contributed by atoms with Crippen LogP contribution in [0.4, 0.5) is 0 Å². The van der Waals surface area contributed by atoms with Crippen molar-refractivity contribution in [3.63, 3.8) is 0 Å². The molecule has 0 unspecified atom stereocenters. The lowest BCUT2D eigenvalue weighted by Crippen LogP contribution is -2.42. The first-order valence-electron chi connectivity index (χ1n) is 8.67. The largest absolute Gasteiger partial charge is 0.370 e. The number of aliphatic imine (C=N–C) groups is 1. The number of rotatable bonds is 4. The van der Waals surface area contributed by atoms with Crippen LogP contribution in [0.2, 0.25) is 0 Å². The van der Waals surface area contributed by atoms with Crippen molar-refractivity contribution >= 4 is 11.9 Å². The molecule has 1 aliphatic carbocycles. The van der Waals surface area contributed by atoms with Gasteiger partial charge in [-0.3, -0.25) is 9.79 Å². The third-order valence-electron chi connectivity index (χ3n) is 4.80. The summed E-state index contributed by atoms with van der Waals surface area (Å²) in [4.78, 5) is 18.7. The van der Waals surface area contributed by atoms with Gasteiger partial charge < -0.3 is 16.0 Å². The Labute approximate surface area is 138 Å². The molecule has 23 heavy (non-hydrogen) atoms. The fraction of sp³-hybridized carbons (Fsp3) is 0.556. The van der Waals surface area contributed by atoms with E-state index in [1.54, 1.807) is 0 Å². The fourth-order valence-corrected chi connectivity index (χ4v) is 3.48. The Morgan fingerprint density at radius 1 is 1.26 bits per heavy atom. The molecule has 0 spiro atoms. The minimum atomic E-state index is 0.112. The highest BCUT2D eigenvalue weighted by Crippen LogP contribution is 2.18. The normalized spacial score (nSPS) is 19.6. The zero-order chi connectivity index (χ0) is 16.1. The van der Waals surface area contributed by atoms with Crippen LogP contribution in [-0.2, 0) is 6.42 Å². The zero-order valence-corrected chi connectivity index (χ0v) is 13.6. The Balaban J connectivity index is 1.49. The van der Waals surface area contributed by atoms with Crippen molar-refractivity contribution in [2.45, 2.75) is 44.6 Å². The Bertz CT molecular complexity index is 578. The summed E-state index contributed by atoms with van der Waals surface area (Å²) < 4.78 is 0. The molecule has 1 heterocycles. The molecule has 1 aromatic rings. The molecule has 0 saturated heterocycles. The van der Waals surface area contributed by atoms with Crippen LogP contribution in [0.25, 0.3) is 0 Å². The maximum Gasteiger partial charge on any atom is 0.254 e. The summed E-state index contributed by atoms with van der Waals surface area (Å²) in [6.07, 6.45) is 7.14. The molecule has 5 nitrogen and oxygen atoms in total. The standard InChI is InChI=1S/C18H26N4O/c19-18(21-15-7-2-1-3-8-15)20-11-13-22-12-10-14-6-4-5-9-16(14)17(22)23/h4-6,9,15H,1-3,7-8,10-13H2,(H3,19,20,21). The summed E-state index contributed by atoms with van der Waals surface area (Å²) in [6, 6.07) is 8.32. The first-order chi connectivity index (χ1) is 11.2. The van der Waals surface area contributed by atoms with Gasteiger partial charge in [-0.2, -0.15) is 0 Å². The van der Waals surface area contributed by atoms with Crippen molar-refractivity contribution in [3.05, 3.63) is 35.4 Å². The minimum Gasteiger partial charge on any atom is -0.370 e. The summed E-state index contributed by atoms with van der Waals surface area (Å²) in [6.45, 7) is 1.95. The number of nitrogens with one attached hydrogen (secondary N) is 1. The SMILES string of the molecule is NC(=NCCN1CCc2ccccc2C1=O)NC1CCCCC1. The Morgan fingerprint density at radius 2 is 2.04 bits per heavy atom. The molecule has 0 atom stereocenters. The maximum absolute atomic E-state index is 12.4. The first-order valence-corrected chi connectivity index (χ1v) is 8.67. The van der Waals surface area contributed by atoms with Crippen LogP contribution < -0.4 is 11.1 Å². The number of amides is 1. The highest BCUT2D eigenvalue weighted by atomic mass is 16.2. The lowest BCUT2D eigenvalue weighted by molar-refractivity contribution is 0.0745. The molecular weight excluding hydrogens is 288 g/mol. The number of carbonyl (C=O) groups is 1. The molecule has 124 valence electrons. The Kier molecular flexibility index (Phi) is 5.16. The van der Waals surface area contributed by atoms with Gasteiger partial charge in [0.2, 0.25) is 0 Å². The molecule has 1 amide bonds. The molecule has 5 heteroatoms. The van der Waals surface area contributed by atoms with Crippen molar-refractivity contribution < 1.29 is 4.79 Å². The zero-order valence-electron chi connectivity index (χ0n) is 13.6. The highest BCUT2D eigenvalue weighted by molar-refractivity contribution is 5.96. The van der Waals surface area contributed by atoms with Gasteiger partial charge in [0.25, 0.3) is 5.91 Å². The second-order valence-corrected chi connectivity index (χ2v) is 6.45. The van der Waals surface area contributed by atoms with Gasteiger partial charge in [0.05, 0.1) is 6.54 Å². The van der Waals surface area contributed by atoms with E-state index in [2.05, 4.69) is 10.3 Å². The van der Waals surface area contributed by atoms with Crippen LogP contribution in [0.1, 0.15) is 48.0 Å². The van der Waals surface area contributed by atoms with E-state index in [0.29, 0.717) is 25.1 Å². The van der Waals surface area contributed by atoms with E-state index >= 15 is 0 Å². The summed E-state index contributed by atoms with van der Waals surface area (Å²) >= 11 is 0. The highest BCUT2D eigenvalue weighted by Gasteiger charge is 2.23. The predicted molar refractivity (Wildman–Crippen MR) is 92.5 cm³/mol. The van der Waals surface area contributed by atoms with Gasteiger partial charge in [-0.05, 0) is 30.9 Å². The number of hydrogen-bond acceptors (Lipinski definition) is 2. The average Bonchev–Trinajstić information content (AvgIpc) is 2.58. The first kappa shape index (κ1) is 15.8. The van der Waals surface area contributed by atoms with E-state index in [1.165, 1.54) is 32.1 Å². The van der Waals surface area contributed by atoms with Crippen molar-refractivity contribution in [2.75, 3.05) is 19.6 Å². The molecule has 0 bridgehead atoms. The number of fused-ring (bicyclic) bond motifs is 1. The second kappa shape index (κ2) is 7.49. The number of guanidine groups is 1. The fourth-order valence-electron chi connectivity index (χ4n) is 3.48. The van der Waals surface area contributed by atoms with Gasteiger partial charge in [0.1, 0.15) is 0 Å². The molecule has 3 rings (SSSR count). The second-order valence-electron chi connectivity index (χ2n) is 6.45. The summed E-state index contributed by atoms with van der Waals surface area (Å²) in [5.74, 6) is 0.627. The number of hydrogen-bond donors (Lipinski definition) is 2. The number of carbonyl (C=O) groups excluding carboxylic acids is 1. The quantitative estimate of drug-likeness (QED) is 0.659. The maximum atomic E-state index is 12.4. The number of nitrogens with two attached hydrogens (primary N) is 1. The van der Waals surface area contributed by atoms with E-state index in [-0.39, 0.29) is 5.91 Å². The third-order valence-corrected chi connectivity index (χ3v) is 4.80. The smallest absolute Gasteiger partial charge is 0.254 e. The molecule has 3 N–H and O–H groups in total. The molecule has 1 saturated carbocycles. The predicted octanol–water partition coefficient (Wildman–Crippen LogP) is 1.92. The van der Waals surface area contributed by atoms with Gasteiger partial charge >= 0.3 is 0 Å². The third kappa shape index (κ3) is 4.03. The Morgan fingerprint density at radius 3 is 2.87 bits per heavy atom. The number of benzene rings is 1. The summed E-state index contributed by atoms with van der Waals surface area (Å²) in [5, 5.41) is 3.31. The van der Waals surface area contributed by atoms with Crippen molar-refractivity contribution in [1.82, 2.24) is 10.2 Å².